The number of amides is 1. The summed E-state index contributed by atoms with van der Waals surface area (Å²) in [5, 5.41) is 5.92. The number of hydrogen-bond acceptors (Lipinski definition) is 3. The smallest absolute Gasteiger partial charge is 0.238 e. The zero-order valence-corrected chi connectivity index (χ0v) is 12.2. The summed E-state index contributed by atoms with van der Waals surface area (Å²) in [4.78, 5) is 11.7. The number of nitrogens with one attached hydrogen (secondary N) is 2. The van der Waals surface area contributed by atoms with Gasteiger partial charge in [-0.3, -0.25) is 4.79 Å². The molecule has 1 amide bonds. The van der Waals surface area contributed by atoms with Crippen molar-refractivity contribution in [3.05, 3.63) is 24.3 Å². The third kappa shape index (κ3) is 6.82. The van der Waals surface area contributed by atoms with Gasteiger partial charge in [-0.2, -0.15) is 0 Å². The molecule has 0 heterocycles. The highest BCUT2D eigenvalue weighted by atomic mass is 16.5. The molecule has 0 unspecified atom stereocenters. The maximum absolute atomic E-state index is 11.7. The van der Waals surface area contributed by atoms with Crippen molar-refractivity contribution >= 4 is 11.6 Å². The minimum absolute atomic E-state index is 0.0466. The molecule has 0 atom stereocenters. The van der Waals surface area contributed by atoms with E-state index in [9.17, 15) is 4.79 Å². The lowest BCUT2D eigenvalue weighted by atomic mass is 10.2. The number of anilines is 1. The molecule has 106 valence electrons. The summed E-state index contributed by atoms with van der Waals surface area (Å²) in [6, 6.07) is 7.77. The summed E-state index contributed by atoms with van der Waals surface area (Å²) in [5.74, 6) is 1.21. The number of rotatable bonds is 7. The fraction of sp³-hybridized carbons (Fsp3) is 0.533. The zero-order chi connectivity index (χ0) is 14.3. The monoisotopic (exact) mass is 264 g/mol. The van der Waals surface area contributed by atoms with Crippen molar-refractivity contribution in [3.8, 4) is 5.75 Å². The van der Waals surface area contributed by atoms with E-state index in [4.69, 9.17) is 4.74 Å². The first kappa shape index (κ1) is 15.5. The van der Waals surface area contributed by atoms with Crippen LogP contribution in [0.2, 0.25) is 0 Å². The van der Waals surface area contributed by atoms with E-state index < -0.39 is 0 Å². The van der Waals surface area contributed by atoms with E-state index in [1.165, 1.54) is 0 Å². The van der Waals surface area contributed by atoms with Crippen LogP contribution < -0.4 is 15.4 Å². The van der Waals surface area contributed by atoms with Crippen molar-refractivity contribution in [1.29, 1.82) is 0 Å². The highest BCUT2D eigenvalue weighted by molar-refractivity contribution is 5.92. The molecule has 0 aliphatic carbocycles. The minimum atomic E-state index is -0.0466. The van der Waals surface area contributed by atoms with Crippen LogP contribution in [0.15, 0.2) is 24.3 Å². The molecule has 0 aromatic heterocycles. The van der Waals surface area contributed by atoms with Gasteiger partial charge in [0.25, 0.3) is 0 Å². The predicted molar refractivity (Wildman–Crippen MR) is 78.5 cm³/mol. The summed E-state index contributed by atoms with van der Waals surface area (Å²) in [6.45, 7) is 9.20. The Morgan fingerprint density at radius 3 is 2.63 bits per heavy atom. The first-order valence-corrected chi connectivity index (χ1v) is 6.73. The topological polar surface area (TPSA) is 50.4 Å². The van der Waals surface area contributed by atoms with Gasteiger partial charge < -0.3 is 15.4 Å². The molecule has 4 heteroatoms. The molecule has 2 N–H and O–H groups in total. The quantitative estimate of drug-likeness (QED) is 0.796. The molecular formula is C15H24N2O2. The second-order valence-electron chi connectivity index (χ2n) is 5.32. The zero-order valence-electron chi connectivity index (χ0n) is 12.2. The van der Waals surface area contributed by atoms with Crippen molar-refractivity contribution in [2.45, 2.75) is 33.7 Å². The van der Waals surface area contributed by atoms with Crippen LogP contribution in [0, 0.1) is 5.92 Å². The average Bonchev–Trinajstić information content (AvgIpc) is 2.34. The molecule has 0 aliphatic heterocycles. The fourth-order valence-corrected chi connectivity index (χ4v) is 1.43. The summed E-state index contributed by atoms with van der Waals surface area (Å²) < 4.78 is 5.62. The Kier molecular flexibility index (Phi) is 6.36. The molecule has 0 saturated carbocycles. The molecule has 4 nitrogen and oxygen atoms in total. The van der Waals surface area contributed by atoms with E-state index in [-0.39, 0.29) is 5.91 Å². The van der Waals surface area contributed by atoms with E-state index in [1.54, 1.807) is 0 Å². The second-order valence-corrected chi connectivity index (χ2v) is 5.32. The van der Waals surface area contributed by atoms with Gasteiger partial charge in [-0.1, -0.05) is 33.8 Å². The van der Waals surface area contributed by atoms with Gasteiger partial charge in [0.2, 0.25) is 5.91 Å². The molecule has 0 spiro atoms. The van der Waals surface area contributed by atoms with Crippen LogP contribution >= 0.6 is 0 Å². The first-order chi connectivity index (χ1) is 8.97. The lowest BCUT2D eigenvalue weighted by molar-refractivity contribution is -0.115. The molecule has 1 aromatic carbocycles. The first-order valence-electron chi connectivity index (χ1n) is 6.73. The highest BCUT2D eigenvalue weighted by Gasteiger charge is 2.04. The maximum atomic E-state index is 11.7. The van der Waals surface area contributed by atoms with Crippen molar-refractivity contribution in [3.63, 3.8) is 0 Å². The Hall–Kier alpha value is -1.55. The fourth-order valence-electron chi connectivity index (χ4n) is 1.43. The molecule has 0 radical (unpaired) electrons. The molecule has 1 aromatic rings. The van der Waals surface area contributed by atoms with Crippen LogP contribution in [0.3, 0.4) is 0 Å². The number of ether oxygens (including phenoxy) is 1. The van der Waals surface area contributed by atoms with Crippen LogP contribution in [0.4, 0.5) is 5.69 Å². The Bertz CT molecular complexity index is 403. The van der Waals surface area contributed by atoms with Crippen LogP contribution in [0.25, 0.3) is 0 Å². The second kappa shape index (κ2) is 7.79. The lowest BCUT2D eigenvalue weighted by Crippen LogP contribution is -2.32. The Balaban J connectivity index is 2.49. The molecule has 19 heavy (non-hydrogen) atoms. The van der Waals surface area contributed by atoms with Gasteiger partial charge in [-0.15, -0.1) is 0 Å². The minimum Gasteiger partial charge on any atom is -0.493 e. The van der Waals surface area contributed by atoms with Gasteiger partial charge in [-0.25, -0.2) is 0 Å². The van der Waals surface area contributed by atoms with E-state index in [1.807, 2.05) is 38.1 Å². The van der Waals surface area contributed by atoms with Crippen LogP contribution in [0.1, 0.15) is 27.7 Å². The molecule has 0 aliphatic rings. The van der Waals surface area contributed by atoms with Crippen molar-refractivity contribution in [2.75, 3.05) is 18.5 Å². The number of carbonyl (C=O) groups is 1. The van der Waals surface area contributed by atoms with Gasteiger partial charge in [0.15, 0.2) is 0 Å². The van der Waals surface area contributed by atoms with Crippen molar-refractivity contribution in [1.82, 2.24) is 5.32 Å². The molecular weight excluding hydrogens is 240 g/mol. The molecule has 0 bridgehead atoms. The van der Waals surface area contributed by atoms with E-state index >= 15 is 0 Å². The van der Waals surface area contributed by atoms with Gasteiger partial charge in [0, 0.05) is 17.8 Å². The van der Waals surface area contributed by atoms with Crippen LogP contribution in [-0.4, -0.2) is 25.1 Å². The summed E-state index contributed by atoms with van der Waals surface area (Å²) in [5.41, 5.74) is 0.761. The average molecular weight is 264 g/mol. The predicted octanol–water partition coefficient (Wildman–Crippen LogP) is 2.66. The van der Waals surface area contributed by atoms with Crippen LogP contribution in [0.5, 0.6) is 5.75 Å². The molecule has 0 fully saturated rings. The molecule has 0 saturated heterocycles. The van der Waals surface area contributed by atoms with E-state index in [0.29, 0.717) is 25.1 Å². The largest absolute Gasteiger partial charge is 0.493 e. The maximum Gasteiger partial charge on any atom is 0.238 e. The summed E-state index contributed by atoms with van der Waals surface area (Å²) in [7, 11) is 0. The Labute approximate surface area is 115 Å². The normalized spacial score (nSPS) is 10.8. The summed E-state index contributed by atoms with van der Waals surface area (Å²) >= 11 is 0. The van der Waals surface area contributed by atoms with Crippen LogP contribution in [-0.2, 0) is 4.79 Å². The Morgan fingerprint density at radius 1 is 1.26 bits per heavy atom. The van der Waals surface area contributed by atoms with E-state index in [2.05, 4.69) is 24.5 Å². The summed E-state index contributed by atoms with van der Waals surface area (Å²) in [6.07, 6.45) is 0. The highest BCUT2D eigenvalue weighted by Crippen LogP contribution is 2.17. The van der Waals surface area contributed by atoms with Crippen molar-refractivity contribution < 1.29 is 9.53 Å². The Morgan fingerprint density at radius 2 is 2.00 bits per heavy atom. The van der Waals surface area contributed by atoms with E-state index in [0.717, 1.165) is 11.4 Å². The lowest BCUT2D eigenvalue weighted by Gasteiger charge is -2.11. The van der Waals surface area contributed by atoms with Crippen molar-refractivity contribution in [2.24, 2.45) is 5.92 Å². The van der Waals surface area contributed by atoms with Gasteiger partial charge in [0.1, 0.15) is 5.75 Å². The third-order valence-corrected chi connectivity index (χ3v) is 2.37. The third-order valence-electron chi connectivity index (χ3n) is 2.37. The van der Waals surface area contributed by atoms with Gasteiger partial charge >= 0.3 is 0 Å². The standard InChI is InChI=1S/C15H24N2O2/c1-11(2)10-19-14-7-5-6-13(8-14)17-15(18)9-16-12(3)4/h5-8,11-12,16H,9-10H2,1-4H3,(H,17,18). The number of benzene rings is 1. The van der Waals surface area contributed by atoms with Gasteiger partial charge in [-0.05, 0) is 18.1 Å². The SMILES string of the molecule is CC(C)COc1cccc(NC(=O)CNC(C)C)c1. The number of hydrogen-bond donors (Lipinski definition) is 2. The molecule has 1 rings (SSSR count). The number of carbonyl (C=O) groups excluding carboxylic acids is 1. The van der Waals surface area contributed by atoms with Gasteiger partial charge in [0.05, 0.1) is 13.2 Å².